The molecule has 2 aromatic carbocycles. The summed E-state index contributed by atoms with van der Waals surface area (Å²) in [7, 11) is 8.42. The van der Waals surface area contributed by atoms with Crippen LogP contribution in [0.2, 0.25) is 5.02 Å². The zero-order valence-electron chi connectivity index (χ0n) is 54.7. The number of fused-ring (bicyclic) bond motifs is 1. The van der Waals surface area contributed by atoms with Gasteiger partial charge in [0.2, 0.25) is 65.0 Å². The average Bonchev–Trinajstić information content (AvgIpc) is 2.01. The molecule has 2 aromatic rings. The molecule has 0 bridgehead atoms. The maximum Gasteiger partial charge on any atom is 0.417 e. The third kappa shape index (κ3) is 17.8. The van der Waals surface area contributed by atoms with E-state index in [9.17, 15) is 56.3 Å². The van der Waals surface area contributed by atoms with Crippen LogP contribution in [0, 0.1) is 18.8 Å². The van der Waals surface area contributed by atoms with Gasteiger partial charge in [-0.2, -0.15) is 13.2 Å². The molecule has 4 fully saturated rings. The molecule has 91 heavy (non-hydrogen) atoms. The summed E-state index contributed by atoms with van der Waals surface area (Å²) in [6, 6.07) is 1.10. The van der Waals surface area contributed by atoms with Gasteiger partial charge in [0.05, 0.1) is 23.7 Å². The van der Waals surface area contributed by atoms with Gasteiger partial charge in [-0.15, -0.1) is 0 Å². The van der Waals surface area contributed by atoms with Crippen LogP contribution in [0.3, 0.4) is 0 Å². The van der Waals surface area contributed by atoms with E-state index >= 15 is 9.59 Å². The van der Waals surface area contributed by atoms with Gasteiger partial charge in [-0.3, -0.25) is 52.7 Å². The molecule has 4 aliphatic rings. The van der Waals surface area contributed by atoms with Crippen molar-refractivity contribution in [2.24, 2.45) is 11.8 Å². The number of carbonyl (C=O) groups excluding carboxylic acids is 11. The zero-order valence-corrected chi connectivity index (χ0v) is 55.4. The van der Waals surface area contributed by atoms with Crippen LogP contribution in [0.1, 0.15) is 140 Å². The number of amides is 11. The predicted molar refractivity (Wildman–Crippen MR) is 334 cm³/mol. The molecule has 2 saturated carbocycles. The van der Waals surface area contributed by atoms with Crippen molar-refractivity contribution in [3.63, 3.8) is 0 Å². The lowest BCUT2D eigenvalue weighted by molar-refractivity contribution is -0.150. The number of rotatable bonds is 8. The van der Waals surface area contributed by atoms with Gasteiger partial charge in [-0.25, -0.2) is 0 Å². The Morgan fingerprint density at radius 2 is 1.27 bits per heavy atom. The predicted octanol–water partition coefficient (Wildman–Crippen LogP) is 4.64. The van der Waals surface area contributed by atoms with Crippen molar-refractivity contribution in [3.8, 4) is 0 Å². The van der Waals surface area contributed by atoms with Gasteiger partial charge in [-0.1, -0.05) is 93.4 Å². The van der Waals surface area contributed by atoms with Gasteiger partial charge in [0.15, 0.2) is 0 Å². The molecule has 9 atom stereocenters. The van der Waals surface area contributed by atoms with E-state index in [0.29, 0.717) is 49.7 Å². The Bertz CT molecular complexity index is 3030. The summed E-state index contributed by atoms with van der Waals surface area (Å²) in [5.41, 5.74) is -0.756. The number of aryl methyl sites for hydroxylation is 2. The van der Waals surface area contributed by atoms with Crippen LogP contribution in [0.25, 0.3) is 0 Å². The zero-order chi connectivity index (χ0) is 67.6. The first-order chi connectivity index (χ1) is 42.7. The number of likely N-dealkylation sites (N-methyl/N-ethyl adjacent to an activating group) is 6. The summed E-state index contributed by atoms with van der Waals surface area (Å²) in [5, 5.41) is 11.0. The molecule has 0 unspecified atom stereocenters. The van der Waals surface area contributed by atoms with Crippen molar-refractivity contribution in [3.05, 3.63) is 69.7 Å². The highest BCUT2D eigenvalue weighted by Crippen LogP contribution is 2.38. The van der Waals surface area contributed by atoms with Gasteiger partial charge >= 0.3 is 6.18 Å². The van der Waals surface area contributed by atoms with Crippen LogP contribution < -0.4 is 21.3 Å². The highest BCUT2D eigenvalue weighted by Gasteiger charge is 2.50. The summed E-state index contributed by atoms with van der Waals surface area (Å²) in [4.78, 5) is 168. The standard InChI is InChI=1S/C65H93ClF3N11O11/c1-13-39(3)54-62(90)75(8)36-52(82)74(7)37-53(83)78(11)50(35-44-21-18-20-38(2)32-44)61(89)77(10)42(6)56(84)71-48(28-26-43-25-27-46(47(66)34-43)65(67,68)69)60(88)80-31-19-24-49(80)58(86)73-64(29-16-17-30-64)63(91)79(12)55(45-22-14-15-23-45)59(87)70-40(4)33-51(81)76(9)41(5)57(85)72-54/h18,20-21,25,27,32,34,39-42,45,48-50,54-55H,13-17,19,22-24,26,28-31,33,35-37H2,1-12H3,(H,70,87)(H,71,84)(H,72,85)(H,73,86)/t39-,40+,41-,42+,48-,49-,50-,54-,55-/m0/s1. The normalized spacial score (nSPS) is 26.7. The van der Waals surface area contributed by atoms with Crippen LogP contribution in [-0.4, -0.2) is 215 Å². The largest absolute Gasteiger partial charge is 0.417 e. The van der Waals surface area contributed by atoms with Crippen LogP contribution in [-0.2, 0) is 71.8 Å². The molecule has 1 spiro atoms. The molecule has 6 rings (SSSR count). The number of halogens is 4. The van der Waals surface area contributed by atoms with Crippen LogP contribution in [0.5, 0.6) is 0 Å². The molecule has 2 aliphatic carbocycles. The number of hydrogen-bond donors (Lipinski definition) is 4. The van der Waals surface area contributed by atoms with E-state index < -0.39 is 155 Å². The van der Waals surface area contributed by atoms with Crippen LogP contribution >= 0.6 is 11.6 Å². The lowest BCUT2D eigenvalue weighted by Gasteiger charge is -2.40. The molecule has 2 aliphatic heterocycles. The van der Waals surface area contributed by atoms with E-state index in [2.05, 4.69) is 21.3 Å². The SMILES string of the molecule is CC[C@H](C)[C@@H]1NC(=O)[C@H](C)N(C)C(=O)C[C@@H](C)NC(=O)[C@H](C2CCCC2)N(C)C(=O)C2(CCCC2)NC(=O)[C@@H]2CCCN2C(=O)[C@H](CCc2ccc(C(F)(F)F)c(Cl)c2)NC(=O)[C@@H](C)N(C)C(=O)[C@H](Cc2cccc(C)c2)N(C)C(=O)CN(C)C(=O)CN(C)C1=O. The number of nitrogens with zero attached hydrogens (tertiary/aromatic N) is 7. The maximum atomic E-state index is 15.2. The van der Waals surface area contributed by atoms with Gasteiger partial charge < -0.3 is 55.6 Å². The van der Waals surface area contributed by atoms with E-state index in [1.54, 1.807) is 26.0 Å². The lowest BCUT2D eigenvalue weighted by atomic mass is 9.90. The second-order valence-corrected chi connectivity index (χ2v) is 26.1. The molecular weight excluding hydrogens is 1200 g/mol. The highest BCUT2D eigenvalue weighted by atomic mass is 35.5. The minimum atomic E-state index is -4.75. The van der Waals surface area contributed by atoms with E-state index in [0.717, 1.165) is 45.2 Å². The van der Waals surface area contributed by atoms with Gasteiger partial charge in [0, 0.05) is 67.7 Å². The van der Waals surface area contributed by atoms with Crippen molar-refractivity contribution >= 4 is 76.6 Å². The van der Waals surface area contributed by atoms with Crippen molar-refractivity contribution in [2.75, 3.05) is 61.9 Å². The Hall–Kier alpha value is -7.31. The van der Waals surface area contributed by atoms with Gasteiger partial charge in [0.1, 0.15) is 47.8 Å². The van der Waals surface area contributed by atoms with E-state index in [-0.39, 0.29) is 57.4 Å². The quantitative estimate of drug-likeness (QED) is 0.283. The molecule has 0 aromatic heterocycles. The Morgan fingerprint density at radius 1 is 0.648 bits per heavy atom. The molecule has 4 N–H and O–H groups in total. The van der Waals surface area contributed by atoms with Crippen LogP contribution in [0.15, 0.2) is 42.5 Å². The summed E-state index contributed by atoms with van der Waals surface area (Å²) < 4.78 is 41.4. The number of nitrogens with one attached hydrogen (secondary N) is 4. The molecular formula is C65H93ClF3N11O11. The van der Waals surface area contributed by atoms with Crippen molar-refractivity contribution in [1.82, 2.24) is 55.6 Å². The third-order valence-corrected chi connectivity index (χ3v) is 19.4. The second kappa shape index (κ2) is 31.3. The Kier molecular flexibility index (Phi) is 25.1. The Labute approximate surface area is 537 Å². The van der Waals surface area contributed by atoms with Crippen molar-refractivity contribution in [2.45, 2.75) is 198 Å². The summed E-state index contributed by atoms with van der Waals surface area (Å²) in [6.07, 6.45) is 0.0106. The lowest BCUT2D eigenvalue weighted by Crippen LogP contribution is -2.64. The van der Waals surface area contributed by atoms with E-state index in [1.807, 2.05) is 26.0 Å². The average molecular weight is 1300 g/mol. The van der Waals surface area contributed by atoms with E-state index in [1.165, 1.54) is 81.8 Å². The van der Waals surface area contributed by atoms with Crippen molar-refractivity contribution in [1.29, 1.82) is 0 Å². The first-order valence-corrected chi connectivity index (χ1v) is 32.1. The molecule has 2 saturated heterocycles. The highest BCUT2D eigenvalue weighted by molar-refractivity contribution is 6.31. The smallest absolute Gasteiger partial charge is 0.351 e. The van der Waals surface area contributed by atoms with Gasteiger partial charge in [-0.05, 0) is 114 Å². The molecule has 2 heterocycles. The summed E-state index contributed by atoms with van der Waals surface area (Å²) >= 11 is 6.13. The third-order valence-electron chi connectivity index (χ3n) is 19.1. The molecule has 26 heteroatoms. The molecule has 502 valence electrons. The fourth-order valence-electron chi connectivity index (χ4n) is 12.8. The molecule has 11 amide bonds. The fraction of sp³-hybridized carbons (Fsp3) is 0.646. The topological polar surface area (TPSA) is 259 Å². The second-order valence-electron chi connectivity index (χ2n) is 25.7. The first kappa shape index (κ1) is 72.7. The van der Waals surface area contributed by atoms with Crippen LogP contribution in [0.4, 0.5) is 13.2 Å². The monoisotopic (exact) mass is 1300 g/mol. The maximum absolute atomic E-state index is 15.2. The number of benzene rings is 2. The number of alkyl halides is 3. The summed E-state index contributed by atoms with van der Waals surface area (Å²) in [6.45, 7) is 8.93. The number of hydrogen-bond acceptors (Lipinski definition) is 11. The van der Waals surface area contributed by atoms with Gasteiger partial charge in [0.25, 0.3) is 0 Å². The number of carbonyl (C=O) groups is 11. The first-order valence-electron chi connectivity index (χ1n) is 31.7. The van der Waals surface area contributed by atoms with Crippen molar-refractivity contribution < 1.29 is 65.9 Å². The molecule has 0 radical (unpaired) electrons. The Morgan fingerprint density at radius 3 is 1.89 bits per heavy atom. The molecule has 22 nitrogen and oxygen atoms in total. The fourth-order valence-corrected chi connectivity index (χ4v) is 13.2. The minimum Gasteiger partial charge on any atom is -0.351 e. The summed E-state index contributed by atoms with van der Waals surface area (Å²) in [5.74, 6) is -7.76. The Balaban J connectivity index is 1.38. The van der Waals surface area contributed by atoms with E-state index in [4.69, 9.17) is 11.6 Å². The minimum absolute atomic E-state index is 0.0461.